The molecule has 0 unspecified atom stereocenters. The molecule has 16 heavy (non-hydrogen) atoms. The van der Waals surface area contributed by atoms with Crippen LogP contribution in [0, 0.1) is 5.82 Å². The topological polar surface area (TPSA) is 49.3 Å². The molecule has 1 aromatic rings. The van der Waals surface area contributed by atoms with Gasteiger partial charge in [-0.05, 0) is 24.6 Å². The van der Waals surface area contributed by atoms with Gasteiger partial charge in [-0.2, -0.15) is 0 Å². The van der Waals surface area contributed by atoms with Crippen molar-refractivity contribution in [2.24, 2.45) is 0 Å². The summed E-state index contributed by atoms with van der Waals surface area (Å²) in [7, 11) is 0. The predicted octanol–water partition coefficient (Wildman–Crippen LogP) is 1.95. The van der Waals surface area contributed by atoms with Crippen LogP contribution in [0.4, 0.5) is 4.39 Å². The highest BCUT2D eigenvalue weighted by Gasteiger charge is 1.97. The minimum atomic E-state index is -0.913. The van der Waals surface area contributed by atoms with Crippen molar-refractivity contribution < 1.29 is 14.3 Å². The maximum absolute atomic E-state index is 12.6. The van der Waals surface area contributed by atoms with Crippen molar-refractivity contribution in [3.05, 3.63) is 47.3 Å². The van der Waals surface area contributed by atoms with Gasteiger partial charge in [0.05, 0.1) is 0 Å². The number of hydrogen-bond donors (Lipinski definition) is 2. The molecule has 0 fully saturated rings. The van der Waals surface area contributed by atoms with Gasteiger partial charge in [-0.1, -0.05) is 18.2 Å². The standard InChI is InChI=1S/C12H14FNO2/c1-9(12(15)16)6-7-14-8-10-2-4-11(13)5-3-10/h2-6,14H,7-8H2,1H3,(H,15,16)/b9-6-. The third-order valence-electron chi connectivity index (χ3n) is 2.13. The Labute approximate surface area is 93.6 Å². The predicted molar refractivity (Wildman–Crippen MR) is 59.5 cm³/mol. The van der Waals surface area contributed by atoms with Crippen LogP contribution in [0.1, 0.15) is 12.5 Å². The number of rotatable bonds is 5. The molecule has 0 aliphatic heterocycles. The van der Waals surface area contributed by atoms with E-state index in [0.717, 1.165) is 5.56 Å². The highest BCUT2D eigenvalue weighted by Crippen LogP contribution is 2.01. The third kappa shape index (κ3) is 4.23. The molecule has 1 aromatic carbocycles. The van der Waals surface area contributed by atoms with Crippen LogP contribution in [0.5, 0.6) is 0 Å². The van der Waals surface area contributed by atoms with Gasteiger partial charge in [0, 0.05) is 18.7 Å². The third-order valence-corrected chi connectivity index (χ3v) is 2.13. The number of carboxylic acids is 1. The zero-order chi connectivity index (χ0) is 12.0. The molecule has 0 aromatic heterocycles. The molecule has 4 heteroatoms. The number of carboxylic acid groups (broad SMARTS) is 1. The summed E-state index contributed by atoms with van der Waals surface area (Å²) >= 11 is 0. The molecular formula is C12H14FNO2. The SMILES string of the molecule is C/C(=C/CNCc1ccc(F)cc1)C(=O)O. The summed E-state index contributed by atoms with van der Waals surface area (Å²) in [6, 6.07) is 6.18. The Morgan fingerprint density at radius 1 is 1.44 bits per heavy atom. The summed E-state index contributed by atoms with van der Waals surface area (Å²) in [5.74, 6) is -1.17. The largest absolute Gasteiger partial charge is 0.478 e. The van der Waals surface area contributed by atoms with E-state index < -0.39 is 5.97 Å². The first-order chi connectivity index (χ1) is 7.59. The summed E-state index contributed by atoms with van der Waals surface area (Å²) in [4.78, 5) is 10.5. The van der Waals surface area contributed by atoms with Crippen molar-refractivity contribution in [1.82, 2.24) is 5.32 Å². The van der Waals surface area contributed by atoms with Crippen LogP contribution in [0.3, 0.4) is 0 Å². The fraction of sp³-hybridized carbons (Fsp3) is 0.250. The molecule has 0 bridgehead atoms. The van der Waals surface area contributed by atoms with Gasteiger partial charge in [-0.3, -0.25) is 0 Å². The quantitative estimate of drug-likeness (QED) is 0.592. The van der Waals surface area contributed by atoms with E-state index >= 15 is 0 Å². The van der Waals surface area contributed by atoms with Crippen LogP contribution in [0.15, 0.2) is 35.9 Å². The molecule has 0 amide bonds. The second-order valence-electron chi connectivity index (χ2n) is 3.45. The van der Waals surface area contributed by atoms with Crippen LogP contribution in [0.25, 0.3) is 0 Å². The fourth-order valence-electron chi connectivity index (χ4n) is 1.13. The van der Waals surface area contributed by atoms with E-state index in [4.69, 9.17) is 5.11 Å². The first kappa shape index (κ1) is 12.4. The highest BCUT2D eigenvalue weighted by molar-refractivity contribution is 5.85. The molecule has 86 valence electrons. The van der Waals surface area contributed by atoms with E-state index in [2.05, 4.69) is 5.32 Å². The molecule has 0 atom stereocenters. The zero-order valence-corrected chi connectivity index (χ0v) is 9.03. The summed E-state index contributed by atoms with van der Waals surface area (Å²) in [5.41, 5.74) is 1.27. The van der Waals surface area contributed by atoms with Crippen LogP contribution < -0.4 is 5.32 Å². The number of halogens is 1. The van der Waals surface area contributed by atoms with Crippen LogP contribution in [-0.4, -0.2) is 17.6 Å². The van der Waals surface area contributed by atoms with Crippen LogP contribution >= 0.6 is 0 Å². The van der Waals surface area contributed by atoms with Crippen molar-refractivity contribution in [2.45, 2.75) is 13.5 Å². The van der Waals surface area contributed by atoms with E-state index in [-0.39, 0.29) is 5.82 Å². The summed E-state index contributed by atoms with van der Waals surface area (Å²) in [6.07, 6.45) is 1.60. The number of nitrogens with one attached hydrogen (secondary N) is 1. The first-order valence-corrected chi connectivity index (χ1v) is 4.95. The second kappa shape index (κ2) is 6.02. The zero-order valence-electron chi connectivity index (χ0n) is 9.03. The molecule has 0 spiro atoms. The molecule has 0 saturated heterocycles. The average Bonchev–Trinajstić information content (AvgIpc) is 2.26. The molecule has 0 aliphatic rings. The molecular weight excluding hydrogens is 209 g/mol. The van der Waals surface area contributed by atoms with Gasteiger partial charge in [0.1, 0.15) is 5.82 Å². The Balaban J connectivity index is 2.34. The van der Waals surface area contributed by atoms with Gasteiger partial charge in [-0.25, -0.2) is 9.18 Å². The number of carbonyl (C=O) groups is 1. The maximum Gasteiger partial charge on any atom is 0.330 e. The number of hydrogen-bond acceptors (Lipinski definition) is 2. The van der Waals surface area contributed by atoms with Crippen molar-refractivity contribution in [1.29, 1.82) is 0 Å². The Morgan fingerprint density at radius 3 is 2.62 bits per heavy atom. The van der Waals surface area contributed by atoms with E-state index in [1.54, 1.807) is 25.1 Å². The van der Waals surface area contributed by atoms with Crippen molar-refractivity contribution in [3.63, 3.8) is 0 Å². The van der Waals surface area contributed by atoms with Crippen molar-refractivity contribution in [3.8, 4) is 0 Å². The van der Waals surface area contributed by atoms with Crippen molar-refractivity contribution >= 4 is 5.97 Å². The van der Waals surface area contributed by atoms with Gasteiger partial charge in [-0.15, -0.1) is 0 Å². The second-order valence-corrected chi connectivity index (χ2v) is 3.45. The molecule has 0 heterocycles. The molecule has 3 nitrogen and oxygen atoms in total. The van der Waals surface area contributed by atoms with E-state index in [1.807, 2.05) is 0 Å². The Kier molecular flexibility index (Phi) is 4.66. The van der Waals surface area contributed by atoms with Gasteiger partial charge in [0.2, 0.25) is 0 Å². The van der Waals surface area contributed by atoms with Gasteiger partial charge in [0.25, 0.3) is 0 Å². The molecule has 1 rings (SSSR count). The van der Waals surface area contributed by atoms with E-state index in [1.165, 1.54) is 12.1 Å². The van der Waals surface area contributed by atoms with Gasteiger partial charge >= 0.3 is 5.97 Å². The lowest BCUT2D eigenvalue weighted by Crippen LogP contribution is -2.14. The minimum absolute atomic E-state index is 0.259. The monoisotopic (exact) mass is 223 g/mol. The Morgan fingerprint density at radius 2 is 2.06 bits per heavy atom. The molecule has 0 saturated carbocycles. The fourth-order valence-corrected chi connectivity index (χ4v) is 1.13. The summed E-state index contributed by atoms with van der Waals surface area (Å²) in [6.45, 7) is 2.61. The molecule has 0 aliphatic carbocycles. The van der Waals surface area contributed by atoms with E-state index in [0.29, 0.717) is 18.7 Å². The number of benzene rings is 1. The lowest BCUT2D eigenvalue weighted by Gasteiger charge is -2.02. The first-order valence-electron chi connectivity index (χ1n) is 4.95. The van der Waals surface area contributed by atoms with Gasteiger partial charge in [0.15, 0.2) is 0 Å². The van der Waals surface area contributed by atoms with Gasteiger partial charge < -0.3 is 10.4 Å². The summed E-state index contributed by atoms with van der Waals surface area (Å²) < 4.78 is 12.6. The smallest absolute Gasteiger partial charge is 0.330 e. The van der Waals surface area contributed by atoms with Crippen LogP contribution in [-0.2, 0) is 11.3 Å². The van der Waals surface area contributed by atoms with Crippen LogP contribution in [0.2, 0.25) is 0 Å². The van der Waals surface area contributed by atoms with E-state index in [9.17, 15) is 9.18 Å². The molecule has 2 N–H and O–H groups in total. The van der Waals surface area contributed by atoms with Crippen molar-refractivity contribution in [2.75, 3.05) is 6.54 Å². The number of aliphatic carboxylic acids is 1. The highest BCUT2D eigenvalue weighted by atomic mass is 19.1. The lowest BCUT2D eigenvalue weighted by molar-refractivity contribution is -0.132. The lowest BCUT2D eigenvalue weighted by atomic mass is 10.2. The average molecular weight is 223 g/mol. The Hall–Kier alpha value is -1.68. The normalized spacial score (nSPS) is 11.5. The maximum atomic E-state index is 12.6. The summed E-state index contributed by atoms with van der Waals surface area (Å²) in [5, 5.41) is 11.6. The minimum Gasteiger partial charge on any atom is -0.478 e. The Bertz CT molecular complexity index is 385. The molecule has 0 radical (unpaired) electrons.